The highest BCUT2D eigenvalue weighted by atomic mass is 35.5. The van der Waals surface area contributed by atoms with Crippen LogP contribution >= 0.6 is 22.9 Å². The number of nitrogens with one attached hydrogen (secondary N) is 1. The van der Waals surface area contributed by atoms with Gasteiger partial charge in [-0.25, -0.2) is 13.8 Å². The van der Waals surface area contributed by atoms with Crippen LogP contribution < -0.4 is 5.32 Å². The summed E-state index contributed by atoms with van der Waals surface area (Å²) in [6, 6.07) is 3.16. The quantitative estimate of drug-likeness (QED) is 0.871. The van der Waals surface area contributed by atoms with Crippen molar-refractivity contribution in [1.82, 2.24) is 4.98 Å². The summed E-state index contributed by atoms with van der Waals surface area (Å²) in [6.45, 7) is 0. The van der Waals surface area contributed by atoms with E-state index >= 15 is 0 Å². The topological polar surface area (TPSA) is 24.9 Å². The number of rotatable bonds is 2. The smallest absolute Gasteiger partial charge is 0.188 e. The molecule has 2 rings (SSSR count). The standard InChI is InChI=1S/C9H5ClF2N2S/c10-8-4-15-9(14-8)13-7-2-5(11)1-6(12)3-7/h1-4H,(H,13,14). The molecule has 6 heteroatoms. The molecule has 15 heavy (non-hydrogen) atoms. The van der Waals surface area contributed by atoms with Gasteiger partial charge in [-0.1, -0.05) is 11.6 Å². The van der Waals surface area contributed by atoms with Crippen molar-refractivity contribution < 1.29 is 8.78 Å². The van der Waals surface area contributed by atoms with Crippen molar-refractivity contribution in [1.29, 1.82) is 0 Å². The van der Waals surface area contributed by atoms with Crippen LogP contribution in [0.15, 0.2) is 23.6 Å². The Hall–Kier alpha value is -1.20. The minimum Gasteiger partial charge on any atom is -0.331 e. The van der Waals surface area contributed by atoms with Gasteiger partial charge in [0.15, 0.2) is 5.13 Å². The van der Waals surface area contributed by atoms with E-state index in [9.17, 15) is 8.78 Å². The number of nitrogens with zero attached hydrogens (tertiary/aromatic N) is 1. The van der Waals surface area contributed by atoms with Gasteiger partial charge in [-0.2, -0.15) is 0 Å². The molecule has 2 nitrogen and oxygen atoms in total. The van der Waals surface area contributed by atoms with Gasteiger partial charge < -0.3 is 5.32 Å². The predicted molar refractivity (Wildman–Crippen MR) is 56.8 cm³/mol. The molecule has 0 amide bonds. The third kappa shape index (κ3) is 2.64. The molecule has 0 aliphatic rings. The summed E-state index contributed by atoms with van der Waals surface area (Å²) in [5, 5.41) is 5.21. The summed E-state index contributed by atoms with van der Waals surface area (Å²) < 4.78 is 25.6. The highest BCUT2D eigenvalue weighted by Crippen LogP contribution is 2.24. The summed E-state index contributed by atoms with van der Waals surface area (Å²) in [5.74, 6) is -1.28. The average molecular weight is 247 g/mol. The normalized spacial score (nSPS) is 10.3. The Morgan fingerprint density at radius 2 is 1.87 bits per heavy atom. The van der Waals surface area contributed by atoms with E-state index in [0.717, 1.165) is 6.07 Å². The zero-order valence-electron chi connectivity index (χ0n) is 7.30. The van der Waals surface area contributed by atoms with Crippen LogP contribution in [-0.4, -0.2) is 4.98 Å². The van der Waals surface area contributed by atoms with Crippen molar-refractivity contribution in [2.24, 2.45) is 0 Å². The molecule has 2 aromatic rings. The monoisotopic (exact) mass is 246 g/mol. The summed E-state index contributed by atoms with van der Waals surface area (Å²) in [7, 11) is 0. The second kappa shape index (κ2) is 4.12. The second-order valence-corrected chi connectivity index (χ2v) is 4.00. The lowest BCUT2D eigenvalue weighted by atomic mass is 10.3. The van der Waals surface area contributed by atoms with Gasteiger partial charge in [-0.15, -0.1) is 11.3 Å². The first-order chi connectivity index (χ1) is 7.13. The van der Waals surface area contributed by atoms with Crippen LogP contribution in [0.4, 0.5) is 19.6 Å². The van der Waals surface area contributed by atoms with Crippen molar-refractivity contribution in [3.8, 4) is 0 Å². The molecule has 0 fully saturated rings. The molecule has 0 atom stereocenters. The van der Waals surface area contributed by atoms with Crippen molar-refractivity contribution in [2.45, 2.75) is 0 Å². The lowest BCUT2D eigenvalue weighted by Crippen LogP contribution is -1.91. The molecule has 0 unspecified atom stereocenters. The van der Waals surface area contributed by atoms with Crippen LogP contribution in [0.25, 0.3) is 0 Å². The van der Waals surface area contributed by atoms with Crippen molar-refractivity contribution in [3.05, 3.63) is 40.4 Å². The first kappa shape index (κ1) is 10.3. The molecule has 0 aliphatic carbocycles. The predicted octanol–water partition coefficient (Wildman–Crippen LogP) is 3.82. The van der Waals surface area contributed by atoms with E-state index in [1.54, 1.807) is 5.38 Å². The van der Waals surface area contributed by atoms with Crippen LogP contribution in [0.1, 0.15) is 0 Å². The molecule has 0 saturated heterocycles. The molecule has 0 bridgehead atoms. The average Bonchev–Trinajstić information content (AvgIpc) is 2.49. The second-order valence-electron chi connectivity index (χ2n) is 2.76. The van der Waals surface area contributed by atoms with Gasteiger partial charge in [-0.3, -0.25) is 0 Å². The van der Waals surface area contributed by atoms with E-state index in [-0.39, 0.29) is 0 Å². The van der Waals surface area contributed by atoms with Gasteiger partial charge in [0.2, 0.25) is 0 Å². The van der Waals surface area contributed by atoms with Crippen molar-refractivity contribution >= 4 is 33.8 Å². The number of halogens is 3. The van der Waals surface area contributed by atoms with E-state index in [1.165, 1.54) is 23.5 Å². The number of benzene rings is 1. The van der Waals surface area contributed by atoms with E-state index in [4.69, 9.17) is 11.6 Å². The fourth-order valence-corrected chi connectivity index (χ4v) is 1.92. The van der Waals surface area contributed by atoms with E-state index in [0.29, 0.717) is 16.0 Å². The Kier molecular flexibility index (Phi) is 2.83. The summed E-state index contributed by atoms with van der Waals surface area (Å²) in [4.78, 5) is 3.89. The van der Waals surface area contributed by atoms with Crippen LogP contribution in [0.2, 0.25) is 5.15 Å². The maximum absolute atomic E-state index is 12.8. The summed E-state index contributed by atoms with van der Waals surface area (Å²) in [5.41, 5.74) is 0.304. The zero-order chi connectivity index (χ0) is 10.8. The lowest BCUT2D eigenvalue weighted by molar-refractivity contribution is 0.584. The number of hydrogen-bond donors (Lipinski definition) is 1. The molecule has 1 aromatic heterocycles. The van der Waals surface area contributed by atoms with Crippen molar-refractivity contribution in [2.75, 3.05) is 5.32 Å². The molecule has 1 N–H and O–H groups in total. The summed E-state index contributed by atoms with van der Waals surface area (Å²) >= 11 is 6.86. The first-order valence-electron chi connectivity index (χ1n) is 3.97. The largest absolute Gasteiger partial charge is 0.331 e. The van der Waals surface area contributed by atoms with E-state index in [2.05, 4.69) is 10.3 Å². The highest BCUT2D eigenvalue weighted by molar-refractivity contribution is 7.14. The van der Waals surface area contributed by atoms with Gasteiger partial charge in [0, 0.05) is 17.1 Å². The third-order valence-corrected chi connectivity index (χ3v) is 2.67. The molecule has 0 spiro atoms. The maximum Gasteiger partial charge on any atom is 0.188 e. The first-order valence-corrected chi connectivity index (χ1v) is 5.23. The Bertz CT molecular complexity index is 466. The van der Waals surface area contributed by atoms with Gasteiger partial charge in [-0.05, 0) is 12.1 Å². The lowest BCUT2D eigenvalue weighted by Gasteiger charge is -2.02. The van der Waals surface area contributed by atoms with Gasteiger partial charge >= 0.3 is 0 Å². The molecule has 1 heterocycles. The Morgan fingerprint density at radius 3 is 2.40 bits per heavy atom. The zero-order valence-corrected chi connectivity index (χ0v) is 8.87. The van der Waals surface area contributed by atoms with E-state index in [1.807, 2.05) is 0 Å². The Labute approximate surface area is 93.5 Å². The van der Waals surface area contributed by atoms with Crippen LogP contribution in [0.5, 0.6) is 0 Å². The molecule has 0 saturated carbocycles. The summed E-state index contributed by atoms with van der Waals surface area (Å²) in [6.07, 6.45) is 0. The number of aromatic nitrogens is 1. The van der Waals surface area contributed by atoms with Gasteiger partial charge in [0.05, 0.1) is 0 Å². The number of hydrogen-bond acceptors (Lipinski definition) is 3. The minimum absolute atomic E-state index is 0.304. The van der Waals surface area contributed by atoms with Crippen molar-refractivity contribution in [3.63, 3.8) is 0 Å². The molecule has 0 aliphatic heterocycles. The van der Waals surface area contributed by atoms with Gasteiger partial charge in [0.1, 0.15) is 16.8 Å². The molecule has 0 radical (unpaired) electrons. The number of thiazole rings is 1. The molecule has 1 aromatic carbocycles. The fourth-order valence-electron chi connectivity index (χ4n) is 1.06. The molecular formula is C9H5ClF2N2S. The Morgan fingerprint density at radius 1 is 1.20 bits per heavy atom. The van der Waals surface area contributed by atoms with Crippen LogP contribution in [0.3, 0.4) is 0 Å². The Balaban J connectivity index is 2.24. The third-order valence-electron chi connectivity index (χ3n) is 1.59. The maximum atomic E-state index is 12.8. The minimum atomic E-state index is -0.639. The van der Waals surface area contributed by atoms with Gasteiger partial charge in [0.25, 0.3) is 0 Å². The van der Waals surface area contributed by atoms with Crippen LogP contribution in [-0.2, 0) is 0 Å². The SMILES string of the molecule is Fc1cc(F)cc(Nc2nc(Cl)cs2)c1. The number of anilines is 2. The highest BCUT2D eigenvalue weighted by Gasteiger charge is 2.03. The molecular weight excluding hydrogens is 242 g/mol. The molecule has 78 valence electrons. The van der Waals surface area contributed by atoms with Crippen LogP contribution in [0, 0.1) is 11.6 Å². The van der Waals surface area contributed by atoms with E-state index < -0.39 is 11.6 Å². The fraction of sp³-hybridized carbons (Fsp3) is 0.